The lowest BCUT2D eigenvalue weighted by atomic mass is 10.1. The molecule has 1 aromatic heterocycles. The van der Waals surface area contributed by atoms with Gasteiger partial charge in [-0.15, -0.1) is 0 Å². The summed E-state index contributed by atoms with van der Waals surface area (Å²) in [7, 11) is 0. The number of likely N-dealkylation sites (tertiary alicyclic amines) is 1. The molecule has 1 aromatic rings. The third-order valence-electron chi connectivity index (χ3n) is 5.58. The monoisotopic (exact) mass is 393 g/mol. The van der Waals surface area contributed by atoms with Crippen LogP contribution in [0.25, 0.3) is 0 Å². The fourth-order valence-corrected chi connectivity index (χ4v) is 4.22. The summed E-state index contributed by atoms with van der Waals surface area (Å²) < 4.78 is 11.6. The molecule has 1 aliphatic heterocycles. The smallest absolute Gasteiger partial charge is 0.193 e. The Morgan fingerprint density at radius 1 is 1.30 bits per heavy atom. The largest absolute Gasteiger partial charge is 0.469 e. The lowest BCUT2D eigenvalue weighted by molar-refractivity contribution is 0.00101. The molecule has 0 radical (unpaired) electrons. The summed E-state index contributed by atoms with van der Waals surface area (Å²) in [5, 5.41) is 3.54. The Kier molecular flexibility index (Phi) is 8.88. The van der Waals surface area contributed by atoms with Gasteiger partial charge in [-0.25, -0.2) is 0 Å². The van der Waals surface area contributed by atoms with Crippen molar-refractivity contribution in [3.05, 3.63) is 24.2 Å². The molecule has 0 amide bonds. The van der Waals surface area contributed by atoms with E-state index < -0.39 is 0 Å². The van der Waals surface area contributed by atoms with E-state index >= 15 is 0 Å². The Labute approximate surface area is 168 Å². The first kappa shape index (κ1) is 20.6. The highest BCUT2D eigenvalue weighted by Gasteiger charge is 2.24. The summed E-state index contributed by atoms with van der Waals surface area (Å²) >= 11 is 1.84. The molecule has 6 heteroatoms. The molecule has 27 heavy (non-hydrogen) atoms. The van der Waals surface area contributed by atoms with E-state index in [9.17, 15) is 0 Å². The topological polar surface area (TPSA) is 50.0 Å². The van der Waals surface area contributed by atoms with Crippen LogP contribution in [0.3, 0.4) is 0 Å². The zero-order chi connectivity index (χ0) is 18.7. The van der Waals surface area contributed by atoms with Crippen LogP contribution in [0.4, 0.5) is 0 Å². The van der Waals surface area contributed by atoms with Crippen LogP contribution in [0.5, 0.6) is 0 Å². The normalized spacial score (nSPS) is 19.7. The lowest BCUT2D eigenvalue weighted by Gasteiger charge is -2.34. The van der Waals surface area contributed by atoms with E-state index in [0.717, 1.165) is 75.4 Å². The Morgan fingerprint density at radius 2 is 2.11 bits per heavy atom. The van der Waals surface area contributed by atoms with Crippen LogP contribution >= 0.6 is 11.8 Å². The van der Waals surface area contributed by atoms with Crippen molar-refractivity contribution < 1.29 is 9.15 Å². The van der Waals surface area contributed by atoms with Crippen LogP contribution in [0, 0.1) is 5.92 Å². The van der Waals surface area contributed by atoms with Gasteiger partial charge in [-0.3, -0.25) is 4.99 Å². The van der Waals surface area contributed by atoms with Crippen molar-refractivity contribution in [2.45, 2.75) is 51.0 Å². The van der Waals surface area contributed by atoms with E-state index in [4.69, 9.17) is 14.1 Å². The van der Waals surface area contributed by atoms with Gasteiger partial charge in [0.05, 0.1) is 18.9 Å². The number of nitrogens with one attached hydrogen (secondary N) is 1. The molecule has 5 nitrogen and oxygen atoms in total. The van der Waals surface area contributed by atoms with Crippen LogP contribution in [-0.2, 0) is 11.2 Å². The van der Waals surface area contributed by atoms with Crippen LogP contribution in [0.1, 0.15) is 44.3 Å². The molecule has 0 unspecified atom stereocenters. The predicted molar refractivity (Wildman–Crippen MR) is 114 cm³/mol. The van der Waals surface area contributed by atoms with E-state index in [1.165, 1.54) is 25.7 Å². The molecule has 0 aromatic carbocycles. The number of hydrogen-bond donors (Lipinski definition) is 1. The van der Waals surface area contributed by atoms with Crippen molar-refractivity contribution in [3.63, 3.8) is 0 Å². The Balaban J connectivity index is 1.42. The van der Waals surface area contributed by atoms with Gasteiger partial charge in [0.2, 0.25) is 0 Å². The molecule has 152 valence electrons. The first-order valence-corrected chi connectivity index (χ1v) is 11.9. The Morgan fingerprint density at radius 3 is 2.81 bits per heavy atom. The molecule has 1 aliphatic carbocycles. The van der Waals surface area contributed by atoms with E-state index in [0.29, 0.717) is 6.10 Å². The van der Waals surface area contributed by atoms with Gasteiger partial charge < -0.3 is 19.4 Å². The first-order chi connectivity index (χ1) is 13.3. The summed E-state index contributed by atoms with van der Waals surface area (Å²) in [5.41, 5.74) is 0. The zero-order valence-electron chi connectivity index (χ0n) is 16.7. The minimum absolute atomic E-state index is 0.428. The molecule has 1 N–H and O–H groups in total. The minimum Gasteiger partial charge on any atom is -0.469 e. The van der Waals surface area contributed by atoms with Gasteiger partial charge in [0.25, 0.3) is 0 Å². The number of thioether (sulfide) groups is 1. The molecule has 2 fully saturated rings. The molecular formula is C21H35N3O2S. The third kappa shape index (κ3) is 7.07. The molecule has 2 aliphatic rings. The average molecular weight is 394 g/mol. The summed E-state index contributed by atoms with van der Waals surface area (Å²) in [6.07, 6.45) is 12.9. The van der Waals surface area contributed by atoms with Gasteiger partial charge in [0.1, 0.15) is 5.76 Å². The molecular weight excluding hydrogens is 358 g/mol. The van der Waals surface area contributed by atoms with Crippen LogP contribution in [-0.4, -0.2) is 61.8 Å². The maximum Gasteiger partial charge on any atom is 0.193 e. The fourth-order valence-electron chi connectivity index (χ4n) is 3.95. The Bertz CT molecular complexity index is 536. The second kappa shape index (κ2) is 11.6. The maximum atomic E-state index is 6.22. The van der Waals surface area contributed by atoms with E-state index in [1.807, 2.05) is 23.9 Å². The average Bonchev–Trinajstić information content (AvgIpc) is 3.40. The molecule has 1 saturated carbocycles. The number of rotatable bonds is 9. The molecule has 0 bridgehead atoms. The number of guanidine groups is 1. The van der Waals surface area contributed by atoms with Crippen LogP contribution in [0.15, 0.2) is 27.8 Å². The van der Waals surface area contributed by atoms with E-state index in [2.05, 4.69) is 16.5 Å². The highest BCUT2D eigenvalue weighted by atomic mass is 32.2. The van der Waals surface area contributed by atoms with Crippen molar-refractivity contribution in [1.82, 2.24) is 10.2 Å². The summed E-state index contributed by atoms with van der Waals surface area (Å²) in [6, 6.07) is 3.97. The standard InChI is InChI=1S/C21H35N3O2S/c1-27-16-12-23-21(22-11-8-19-7-4-15-25-19)24-13-9-20(10-14-24)26-17-18-5-2-3-6-18/h4,7,15,18,20H,2-3,5-6,8-14,16-17H2,1H3,(H,22,23). The van der Waals surface area contributed by atoms with Gasteiger partial charge >= 0.3 is 0 Å². The SMILES string of the molecule is CSCCN=C(NCCc1ccco1)N1CCC(OCC2CCCC2)CC1. The highest BCUT2D eigenvalue weighted by molar-refractivity contribution is 7.98. The minimum atomic E-state index is 0.428. The third-order valence-corrected chi connectivity index (χ3v) is 6.17. The summed E-state index contributed by atoms with van der Waals surface area (Å²) in [6.45, 7) is 4.75. The highest BCUT2D eigenvalue weighted by Crippen LogP contribution is 2.26. The predicted octanol–water partition coefficient (Wildman–Crippen LogP) is 3.80. The second-order valence-electron chi connectivity index (χ2n) is 7.62. The molecule has 3 rings (SSSR count). The van der Waals surface area contributed by atoms with E-state index in [1.54, 1.807) is 6.26 Å². The summed E-state index contributed by atoms with van der Waals surface area (Å²) in [5.74, 6) is 3.94. The van der Waals surface area contributed by atoms with Gasteiger partial charge in [-0.2, -0.15) is 11.8 Å². The number of piperidine rings is 1. The van der Waals surface area contributed by atoms with Crippen molar-refractivity contribution in [2.24, 2.45) is 10.9 Å². The molecule has 0 spiro atoms. The number of furan rings is 1. The maximum absolute atomic E-state index is 6.22. The van der Waals surface area contributed by atoms with Gasteiger partial charge in [0, 0.05) is 38.4 Å². The Hall–Kier alpha value is -1.14. The first-order valence-electron chi connectivity index (χ1n) is 10.5. The van der Waals surface area contributed by atoms with Gasteiger partial charge in [-0.05, 0) is 50.0 Å². The van der Waals surface area contributed by atoms with Crippen molar-refractivity contribution in [2.75, 3.05) is 44.8 Å². The fraction of sp³-hybridized carbons (Fsp3) is 0.762. The van der Waals surface area contributed by atoms with E-state index in [-0.39, 0.29) is 0 Å². The number of aliphatic imine (C=N–C) groups is 1. The number of ether oxygens (including phenoxy) is 1. The van der Waals surface area contributed by atoms with Crippen molar-refractivity contribution >= 4 is 17.7 Å². The zero-order valence-corrected chi connectivity index (χ0v) is 17.5. The number of hydrogen-bond acceptors (Lipinski definition) is 4. The quantitative estimate of drug-likeness (QED) is 0.393. The molecule has 0 atom stereocenters. The molecule has 1 saturated heterocycles. The lowest BCUT2D eigenvalue weighted by Crippen LogP contribution is -2.47. The van der Waals surface area contributed by atoms with Crippen LogP contribution in [0.2, 0.25) is 0 Å². The van der Waals surface area contributed by atoms with Gasteiger partial charge in [-0.1, -0.05) is 12.8 Å². The molecule has 2 heterocycles. The van der Waals surface area contributed by atoms with Crippen molar-refractivity contribution in [1.29, 1.82) is 0 Å². The van der Waals surface area contributed by atoms with Crippen LogP contribution < -0.4 is 5.32 Å². The second-order valence-corrected chi connectivity index (χ2v) is 8.61. The van der Waals surface area contributed by atoms with Gasteiger partial charge in [0.15, 0.2) is 5.96 Å². The number of nitrogens with zero attached hydrogens (tertiary/aromatic N) is 2. The van der Waals surface area contributed by atoms with Crippen molar-refractivity contribution in [3.8, 4) is 0 Å². The summed E-state index contributed by atoms with van der Waals surface area (Å²) in [4.78, 5) is 7.23.